The van der Waals surface area contributed by atoms with E-state index < -0.39 is 4.92 Å². The molecule has 0 aromatic carbocycles. The zero-order valence-corrected chi connectivity index (χ0v) is 11.8. The van der Waals surface area contributed by atoms with E-state index in [9.17, 15) is 10.1 Å². The molecule has 2 aromatic heterocycles. The average Bonchev–Trinajstić information content (AvgIpc) is 2.85. The number of nitro groups is 1. The summed E-state index contributed by atoms with van der Waals surface area (Å²) < 4.78 is 1.51. The van der Waals surface area contributed by atoms with Crippen LogP contribution in [-0.2, 0) is 0 Å². The van der Waals surface area contributed by atoms with Crippen LogP contribution in [0.15, 0.2) is 11.6 Å². The molecule has 0 amide bonds. The van der Waals surface area contributed by atoms with Crippen LogP contribution in [0.4, 0.5) is 11.6 Å². The van der Waals surface area contributed by atoms with Crippen molar-refractivity contribution in [3.05, 3.63) is 21.7 Å². The van der Waals surface area contributed by atoms with Gasteiger partial charge in [-0.05, 0) is 22.8 Å². The van der Waals surface area contributed by atoms with Crippen LogP contribution in [-0.4, -0.2) is 32.9 Å². The third kappa shape index (κ3) is 2.59. The van der Waals surface area contributed by atoms with Crippen molar-refractivity contribution < 1.29 is 4.92 Å². The normalized spacial score (nSPS) is 12.8. The van der Waals surface area contributed by atoms with Crippen LogP contribution >= 0.6 is 23.1 Å². The molecule has 0 saturated heterocycles. The van der Waals surface area contributed by atoms with E-state index in [-0.39, 0.29) is 5.82 Å². The standard InChI is InChI=1S/C10H14N4O2S2/c1-7(6-17-2)5-11-8-9(14(15)16)13-3-4-18-10(13)12-8/h3-4,7,11H,5-6H2,1-2H3. The molecule has 0 radical (unpaired) electrons. The molecule has 2 aromatic rings. The summed E-state index contributed by atoms with van der Waals surface area (Å²) in [6.07, 6.45) is 3.72. The van der Waals surface area contributed by atoms with E-state index in [0.717, 1.165) is 5.75 Å². The number of aromatic nitrogens is 2. The van der Waals surface area contributed by atoms with E-state index in [1.165, 1.54) is 15.7 Å². The first-order valence-corrected chi connectivity index (χ1v) is 7.73. The fourth-order valence-electron chi connectivity index (χ4n) is 1.68. The van der Waals surface area contributed by atoms with Gasteiger partial charge in [-0.15, -0.1) is 0 Å². The van der Waals surface area contributed by atoms with Gasteiger partial charge in [0.25, 0.3) is 4.96 Å². The number of anilines is 1. The number of hydrogen-bond donors (Lipinski definition) is 1. The number of rotatable bonds is 6. The van der Waals surface area contributed by atoms with E-state index in [1.807, 2.05) is 6.26 Å². The van der Waals surface area contributed by atoms with Crippen molar-refractivity contribution in [2.24, 2.45) is 5.92 Å². The number of thiazole rings is 1. The molecule has 0 spiro atoms. The first-order valence-electron chi connectivity index (χ1n) is 5.46. The SMILES string of the molecule is CSCC(C)CNc1nc2sccn2c1[N+](=O)[O-]. The summed E-state index contributed by atoms with van der Waals surface area (Å²) in [6, 6.07) is 0. The number of fused-ring (bicyclic) bond motifs is 1. The van der Waals surface area contributed by atoms with E-state index in [4.69, 9.17) is 0 Å². The fourth-order valence-corrected chi connectivity index (χ4v) is 3.08. The lowest BCUT2D eigenvalue weighted by Gasteiger charge is -2.09. The number of hydrogen-bond acceptors (Lipinski definition) is 6. The monoisotopic (exact) mass is 286 g/mol. The zero-order chi connectivity index (χ0) is 13.1. The lowest BCUT2D eigenvalue weighted by Crippen LogP contribution is -2.14. The molecule has 6 nitrogen and oxygen atoms in total. The van der Waals surface area contributed by atoms with Crippen molar-refractivity contribution in [3.8, 4) is 0 Å². The van der Waals surface area contributed by atoms with Gasteiger partial charge in [-0.1, -0.05) is 18.3 Å². The molecule has 18 heavy (non-hydrogen) atoms. The summed E-state index contributed by atoms with van der Waals surface area (Å²) in [5.74, 6) is 1.84. The largest absolute Gasteiger partial charge is 0.372 e. The Labute approximate surface area is 113 Å². The maximum atomic E-state index is 11.1. The van der Waals surface area contributed by atoms with Crippen LogP contribution in [0, 0.1) is 16.0 Å². The van der Waals surface area contributed by atoms with Crippen LogP contribution in [0.25, 0.3) is 4.96 Å². The lowest BCUT2D eigenvalue weighted by atomic mass is 10.2. The second-order valence-corrected chi connectivity index (χ2v) is 5.82. The van der Waals surface area contributed by atoms with Crippen molar-refractivity contribution in [2.45, 2.75) is 6.92 Å². The second kappa shape index (κ2) is 5.57. The van der Waals surface area contributed by atoms with Gasteiger partial charge in [-0.2, -0.15) is 21.1 Å². The minimum atomic E-state index is -0.395. The number of nitrogens with one attached hydrogen (secondary N) is 1. The molecular weight excluding hydrogens is 272 g/mol. The molecule has 0 aliphatic carbocycles. The summed E-state index contributed by atoms with van der Waals surface area (Å²) in [6.45, 7) is 2.79. The first kappa shape index (κ1) is 13.2. The molecule has 1 atom stereocenters. The summed E-state index contributed by atoms with van der Waals surface area (Å²) in [5.41, 5.74) is 0. The van der Waals surface area contributed by atoms with Gasteiger partial charge in [0.15, 0.2) is 0 Å². The van der Waals surface area contributed by atoms with Crippen LogP contribution in [0.2, 0.25) is 0 Å². The van der Waals surface area contributed by atoms with Crippen LogP contribution < -0.4 is 5.32 Å². The maximum absolute atomic E-state index is 11.1. The fraction of sp³-hybridized carbons (Fsp3) is 0.500. The van der Waals surface area contributed by atoms with Crippen molar-refractivity contribution in [2.75, 3.05) is 23.9 Å². The topological polar surface area (TPSA) is 72.5 Å². The van der Waals surface area contributed by atoms with Crippen LogP contribution in [0.1, 0.15) is 6.92 Å². The van der Waals surface area contributed by atoms with Gasteiger partial charge < -0.3 is 15.4 Å². The van der Waals surface area contributed by atoms with E-state index >= 15 is 0 Å². The Kier molecular flexibility index (Phi) is 4.07. The van der Waals surface area contributed by atoms with Crippen molar-refractivity contribution in [3.63, 3.8) is 0 Å². The van der Waals surface area contributed by atoms with E-state index in [1.54, 1.807) is 23.3 Å². The number of thioether (sulfide) groups is 1. The third-order valence-electron chi connectivity index (χ3n) is 2.48. The Hall–Kier alpha value is -1.28. The Bertz CT molecular complexity index is 551. The molecule has 8 heteroatoms. The molecule has 0 bridgehead atoms. The van der Waals surface area contributed by atoms with Gasteiger partial charge in [0.2, 0.25) is 5.82 Å². The quantitative estimate of drug-likeness (QED) is 0.653. The zero-order valence-electron chi connectivity index (χ0n) is 10.1. The Morgan fingerprint density at radius 1 is 1.72 bits per heavy atom. The molecule has 2 heterocycles. The molecule has 1 N–H and O–H groups in total. The van der Waals surface area contributed by atoms with Crippen LogP contribution in [0.5, 0.6) is 0 Å². The molecule has 1 unspecified atom stereocenters. The molecular formula is C10H14N4O2S2. The summed E-state index contributed by atoms with van der Waals surface area (Å²) >= 11 is 3.15. The van der Waals surface area contributed by atoms with Crippen molar-refractivity contribution >= 4 is 39.7 Å². The first-order chi connectivity index (χ1) is 8.63. The Morgan fingerprint density at radius 3 is 3.17 bits per heavy atom. The van der Waals surface area contributed by atoms with Crippen molar-refractivity contribution in [1.82, 2.24) is 9.38 Å². The Balaban J connectivity index is 2.19. The van der Waals surface area contributed by atoms with Gasteiger partial charge in [-0.25, -0.2) is 0 Å². The smallest absolute Gasteiger partial charge is 0.363 e. The second-order valence-electron chi connectivity index (χ2n) is 4.04. The van der Waals surface area contributed by atoms with Gasteiger partial charge >= 0.3 is 5.82 Å². The van der Waals surface area contributed by atoms with Gasteiger partial charge in [0.1, 0.15) is 6.20 Å². The predicted molar refractivity (Wildman–Crippen MR) is 75.8 cm³/mol. The van der Waals surface area contributed by atoms with E-state index in [2.05, 4.69) is 17.2 Å². The summed E-state index contributed by atoms with van der Waals surface area (Å²) in [5, 5.41) is 15.9. The lowest BCUT2D eigenvalue weighted by molar-refractivity contribution is -0.389. The van der Waals surface area contributed by atoms with Crippen LogP contribution in [0.3, 0.4) is 0 Å². The van der Waals surface area contributed by atoms with Crippen molar-refractivity contribution in [1.29, 1.82) is 0 Å². The summed E-state index contributed by atoms with van der Waals surface area (Å²) in [4.78, 5) is 15.6. The minimum Gasteiger partial charge on any atom is -0.363 e. The predicted octanol–water partition coefficient (Wildman–Crippen LogP) is 2.72. The highest BCUT2D eigenvalue weighted by atomic mass is 32.2. The molecule has 0 saturated carbocycles. The molecule has 2 rings (SSSR count). The number of nitrogens with zero attached hydrogens (tertiary/aromatic N) is 3. The highest BCUT2D eigenvalue weighted by Crippen LogP contribution is 2.28. The molecule has 0 aliphatic heterocycles. The highest BCUT2D eigenvalue weighted by Gasteiger charge is 2.23. The molecule has 0 fully saturated rings. The summed E-state index contributed by atoms with van der Waals surface area (Å²) in [7, 11) is 0. The highest BCUT2D eigenvalue weighted by molar-refractivity contribution is 7.98. The minimum absolute atomic E-state index is 0.0163. The van der Waals surface area contributed by atoms with Gasteiger partial charge in [0.05, 0.1) is 0 Å². The third-order valence-corrected chi connectivity index (χ3v) is 4.14. The van der Waals surface area contributed by atoms with Gasteiger partial charge in [-0.3, -0.25) is 0 Å². The maximum Gasteiger partial charge on any atom is 0.372 e. The number of imidazole rings is 1. The average molecular weight is 286 g/mol. The Morgan fingerprint density at radius 2 is 2.50 bits per heavy atom. The van der Waals surface area contributed by atoms with E-state index in [0.29, 0.717) is 23.2 Å². The van der Waals surface area contributed by atoms with Gasteiger partial charge in [0, 0.05) is 11.9 Å². The molecule has 98 valence electrons. The molecule has 0 aliphatic rings.